The second-order valence-electron chi connectivity index (χ2n) is 4.51. The van der Waals surface area contributed by atoms with Gasteiger partial charge in [-0.2, -0.15) is 16.9 Å². The smallest absolute Gasteiger partial charge is 0.283 e. The predicted molar refractivity (Wildman–Crippen MR) is 80.4 cm³/mol. The van der Waals surface area contributed by atoms with E-state index in [1.165, 1.54) is 22.6 Å². The number of thioether (sulfide) groups is 1. The largest absolute Gasteiger partial charge is 0.382 e. The molecule has 0 amide bonds. The van der Waals surface area contributed by atoms with Crippen molar-refractivity contribution in [3.05, 3.63) is 21.0 Å². The second kappa shape index (κ2) is 6.61. The molecule has 1 N–H and O–H groups in total. The summed E-state index contributed by atoms with van der Waals surface area (Å²) in [6.45, 7) is 3.62. The summed E-state index contributed by atoms with van der Waals surface area (Å²) in [5.41, 5.74) is 0.756. The Morgan fingerprint density at radius 2 is 2.50 bits per heavy atom. The quantitative estimate of drug-likeness (QED) is 0.900. The first-order valence-electron chi connectivity index (χ1n) is 6.29. The van der Waals surface area contributed by atoms with Crippen LogP contribution in [0.2, 0.25) is 0 Å². The molecule has 0 aromatic carbocycles. The molecule has 1 saturated heterocycles. The molecule has 4 nitrogen and oxygen atoms in total. The maximum atomic E-state index is 12.0. The van der Waals surface area contributed by atoms with Crippen molar-refractivity contribution in [1.29, 1.82) is 0 Å². The lowest BCUT2D eigenvalue weighted by Gasteiger charge is -2.13. The van der Waals surface area contributed by atoms with Crippen LogP contribution >= 0.6 is 27.7 Å². The third-order valence-corrected chi connectivity index (χ3v) is 5.02. The van der Waals surface area contributed by atoms with Gasteiger partial charge in [-0.05, 0) is 46.2 Å². The SMILES string of the molecule is CCCn1ncc(NCC2CCSC2)c(Br)c1=O. The Labute approximate surface area is 120 Å². The highest BCUT2D eigenvalue weighted by molar-refractivity contribution is 9.10. The van der Waals surface area contributed by atoms with Gasteiger partial charge in [0.1, 0.15) is 4.47 Å². The second-order valence-corrected chi connectivity index (χ2v) is 6.45. The number of nitrogens with zero attached hydrogens (tertiary/aromatic N) is 2. The van der Waals surface area contributed by atoms with Crippen LogP contribution in [0.1, 0.15) is 19.8 Å². The van der Waals surface area contributed by atoms with Gasteiger partial charge in [-0.3, -0.25) is 4.79 Å². The van der Waals surface area contributed by atoms with Crippen LogP contribution in [0.4, 0.5) is 5.69 Å². The van der Waals surface area contributed by atoms with Crippen LogP contribution in [-0.4, -0.2) is 27.8 Å². The molecule has 1 atom stereocenters. The maximum Gasteiger partial charge on any atom is 0.283 e. The minimum atomic E-state index is -0.0531. The topological polar surface area (TPSA) is 46.9 Å². The molecule has 6 heteroatoms. The van der Waals surface area contributed by atoms with Crippen LogP contribution in [0.5, 0.6) is 0 Å². The molecule has 0 bridgehead atoms. The molecular weight excluding hydrogens is 314 g/mol. The fourth-order valence-electron chi connectivity index (χ4n) is 1.96. The number of aryl methyl sites for hydroxylation is 1. The van der Waals surface area contributed by atoms with E-state index in [1.54, 1.807) is 6.20 Å². The first-order valence-corrected chi connectivity index (χ1v) is 8.24. The zero-order valence-electron chi connectivity index (χ0n) is 10.5. The molecule has 0 spiro atoms. The fourth-order valence-corrected chi connectivity index (χ4v) is 3.69. The van der Waals surface area contributed by atoms with Crippen molar-refractivity contribution in [3.8, 4) is 0 Å². The maximum absolute atomic E-state index is 12.0. The monoisotopic (exact) mass is 331 g/mol. The molecule has 1 fully saturated rings. The molecule has 0 saturated carbocycles. The van der Waals surface area contributed by atoms with Crippen molar-refractivity contribution in [2.75, 3.05) is 23.4 Å². The Morgan fingerprint density at radius 1 is 1.67 bits per heavy atom. The van der Waals surface area contributed by atoms with Crippen LogP contribution in [0.25, 0.3) is 0 Å². The van der Waals surface area contributed by atoms with Gasteiger partial charge in [-0.15, -0.1) is 0 Å². The van der Waals surface area contributed by atoms with Gasteiger partial charge in [-0.25, -0.2) is 4.68 Å². The molecule has 2 rings (SSSR count). The summed E-state index contributed by atoms with van der Waals surface area (Å²) < 4.78 is 2.09. The molecule has 0 aliphatic carbocycles. The number of aromatic nitrogens is 2. The summed E-state index contributed by atoms with van der Waals surface area (Å²) in [5.74, 6) is 3.18. The standard InChI is InChI=1S/C12H18BrN3OS/c1-2-4-16-12(17)11(13)10(7-15-16)14-6-9-3-5-18-8-9/h7,9,14H,2-6,8H2,1H3. The van der Waals surface area contributed by atoms with Gasteiger partial charge >= 0.3 is 0 Å². The first-order chi connectivity index (χ1) is 8.72. The van der Waals surface area contributed by atoms with Crippen molar-refractivity contribution in [2.24, 2.45) is 5.92 Å². The van der Waals surface area contributed by atoms with Crippen molar-refractivity contribution < 1.29 is 0 Å². The summed E-state index contributed by atoms with van der Waals surface area (Å²) in [7, 11) is 0. The normalized spacial score (nSPS) is 19.1. The van der Waals surface area contributed by atoms with Gasteiger partial charge in [0.15, 0.2) is 0 Å². The van der Waals surface area contributed by atoms with E-state index in [-0.39, 0.29) is 5.56 Å². The average Bonchev–Trinajstić information content (AvgIpc) is 2.87. The minimum Gasteiger partial charge on any atom is -0.382 e. The number of nitrogens with one attached hydrogen (secondary N) is 1. The lowest BCUT2D eigenvalue weighted by Crippen LogP contribution is -2.25. The summed E-state index contributed by atoms with van der Waals surface area (Å²) >= 11 is 5.37. The van der Waals surface area contributed by atoms with Crippen molar-refractivity contribution >= 4 is 33.4 Å². The van der Waals surface area contributed by atoms with Gasteiger partial charge in [0, 0.05) is 13.1 Å². The van der Waals surface area contributed by atoms with E-state index in [9.17, 15) is 4.79 Å². The third-order valence-electron chi connectivity index (χ3n) is 3.03. The number of anilines is 1. The Bertz CT molecular complexity index is 457. The van der Waals surface area contributed by atoms with E-state index < -0.39 is 0 Å². The molecule has 100 valence electrons. The number of hydrogen-bond donors (Lipinski definition) is 1. The molecule has 1 aromatic rings. The molecule has 1 aromatic heterocycles. The summed E-state index contributed by atoms with van der Waals surface area (Å²) in [6, 6.07) is 0. The van der Waals surface area contributed by atoms with E-state index in [2.05, 4.69) is 26.3 Å². The molecule has 1 aliphatic heterocycles. The Hall–Kier alpha value is -0.490. The van der Waals surface area contributed by atoms with Crippen LogP contribution in [0, 0.1) is 5.92 Å². The highest BCUT2D eigenvalue weighted by Crippen LogP contribution is 2.24. The number of rotatable bonds is 5. The van der Waals surface area contributed by atoms with Crippen LogP contribution in [-0.2, 0) is 6.54 Å². The zero-order valence-corrected chi connectivity index (χ0v) is 12.9. The summed E-state index contributed by atoms with van der Waals surface area (Å²) in [5, 5.41) is 7.51. The average molecular weight is 332 g/mol. The van der Waals surface area contributed by atoms with Crippen molar-refractivity contribution in [2.45, 2.75) is 26.3 Å². The Morgan fingerprint density at radius 3 is 3.17 bits per heavy atom. The highest BCUT2D eigenvalue weighted by atomic mass is 79.9. The van der Waals surface area contributed by atoms with E-state index in [0.717, 1.165) is 18.7 Å². The molecule has 0 radical (unpaired) electrons. The van der Waals surface area contributed by atoms with Gasteiger partial charge in [0.05, 0.1) is 11.9 Å². The number of halogens is 1. The molecular formula is C12H18BrN3OS. The Kier molecular flexibility index (Phi) is 5.12. The zero-order chi connectivity index (χ0) is 13.0. The lowest BCUT2D eigenvalue weighted by molar-refractivity contribution is 0.565. The van der Waals surface area contributed by atoms with E-state index >= 15 is 0 Å². The van der Waals surface area contributed by atoms with E-state index in [1.807, 2.05) is 18.7 Å². The lowest BCUT2D eigenvalue weighted by atomic mass is 10.1. The molecule has 1 unspecified atom stereocenters. The van der Waals surface area contributed by atoms with Crippen LogP contribution in [0.3, 0.4) is 0 Å². The van der Waals surface area contributed by atoms with Gasteiger partial charge < -0.3 is 5.32 Å². The Balaban J connectivity index is 2.04. The van der Waals surface area contributed by atoms with E-state index in [0.29, 0.717) is 16.9 Å². The van der Waals surface area contributed by atoms with Crippen molar-refractivity contribution in [1.82, 2.24) is 9.78 Å². The summed E-state index contributed by atoms with van der Waals surface area (Å²) in [4.78, 5) is 12.0. The van der Waals surface area contributed by atoms with Gasteiger partial charge in [0.25, 0.3) is 5.56 Å². The van der Waals surface area contributed by atoms with Gasteiger partial charge in [0.2, 0.25) is 0 Å². The van der Waals surface area contributed by atoms with Crippen LogP contribution in [0.15, 0.2) is 15.5 Å². The van der Waals surface area contributed by atoms with Gasteiger partial charge in [-0.1, -0.05) is 6.92 Å². The molecule has 1 aliphatic rings. The first kappa shape index (κ1) is 13.9. The third kappa shape index (κ3) is 3.29. The highest BCUT2D eigenvalue weighted by Gasteiger charge is 2.16. The molecule has 18 heavy (non-hydrogen) atoms. The molecule has 2 heterocycles. The fraction of sp³-hybridized carbons (Fsp3) is 0.667. The number of hydrogen-bond acceptors (Lipinski definition) is 4. The van der Waals surface area contributed by atoms with E-state index in [4.69, 9.17) is 0 Å². The summed E-state index contributed by atoms with van der Waals surface area (Å²) in [6.07, 6.45) is 3.91. The predicted octanol–water partition coefficient (Wildman–Crippen LogP) is 2.58. The minimum absolute atomic E-state index is 0.0531. The van der Waals surface area contributed by atoms with Crippen LogP contribution < -0.4 is 10.9 Å². The van der Waals surface area contributed by atoms with Crippen molar-refractivity contribution in [3.63, 3.8) is 0 Å².